The smallest absolute Gasteiger partial charge is 0.183 e. The van der Waals surface area contributed by atoms with Crippen LogP contribution in [0.2, 0.25) is 0 Å². The highest BCUT2D eigenvalue weighted by molar-refractivity contribution is 5.98. The molecule has 0 radical (unpaired) electrons. The number of hydrogen-bond acceptors (Lipinski definition) is 4. The van der Waals surface area contributed by atoms with Crippen LogP contribution in [-0.2, 0) is 0 Å². The molecule has 2 rings (SSSR count). The van der Waals surface area contributed by atoms with Crippen molar-refractivity contribution in [3.05, 3.63) is 17.8 Å². The number of H-pyrrole nitrogens is 1. The van der Waals surface area contributed by atoms with Crippen molar-refractivity contribution in [3.63, 3.8) is 0 Å². The number of nitrogen functional groups attached to an aromatic ring is 1. The van der Waals surface area contributed by atoms with Gasteiger partial charge in [0.1, 0.15) is 5.82 Å². The van der Waals surface area contributed by atoms with Crippen LogP contribution in [0.5, 0.6) is 0 Å². The number of carbonyl (C=O) groups excluding carboxylic acids is 1. The van der Waals surface area contributed by atoms with Gasteiger partial charge in [-0.15, -0.1) is 0 Å². The van der Waals surface area contributed by atoms with Crippen molar-refractivity contribution in [1.82, 2.24) is 15.2 Å². The summed E-state index contributed by atoms with van der Waals surface area (Å²) in [6.07, 6.45) is 1.49. The minimum atomic E-state index is -0.0324. The Hall–Kier alpha value is -1.91. The van der Waals surface area contributed by atoms with E-state index in [-0.39, 0.29) is 5.78 Å². The van der Waals surface area contributed by atoms with Gasteiger partial charge >= 0.3 is 0 Å². The molecule has 2 aromatic heterocycles. The van der Waals surface area contributed by atoms with E-state index in [0.717, 1.165) is 0 Å². The van der Waals surface area contributed by atoms with E-state index in [1.807, 2.05) is 0 Å². The van der Waals surface area contributed by atoms with E-state index in [0.29, 0.717) is 22.4 Å². The van der Waals surface area contributed by atoms with Gasteiger partial charge in [-0.1, -0.05) is 0 Å². The second kappa shape index (κ2) is 2.55. The fourth-order valence-electron chi connectivity index (χ4n) is 1.11. The quantitative estimate of drug-likeness (QED) is 0.627. The number of rotatable bonds is 1. The molecule has 2 aromatic rings. The summed E-state index contributed by atoms with van der Waals surface area (Å²) in [7, 11) is 0. The molecule has 0 aliphatic heterocycles. The Kier molecular flexibility index (Phi) is 1.51. The van der Waals surface area contributed by atoms with E-state index in [1.54, 1.807) is 6.07 Å². The molecule has 3 N–H and O–H groups in total. The molecule has 0 unspecified atom stereocenters. The zero-order chi connectivity index (χ0) is 9.42. The highest BCUT2D eigenvalue weighted by atomic mass is 16.1. The van der Waals surface area contributed by atoms with Crippen LogP contribution in [0.4, 0.5) is 5.82 Å². The van der Waals surface area contributed by atoms with Gasteiger partial charge in [0.05, 0.1) is 5.39 Å². The fraction of sp³-hybridized carbons (Fsp3) is 0.125. The summed E-state index contributed by atoms with van der Waals surface area (Å²) in [4.78, 5) is 15.0. The second-order valence-corrected chi connectivity index (χ2v) is 2.79. The zero-order valence-corrected chi connectivity index (χ0v) is 7.03. The maximum absolute atomic E-state index is 11.0. The Morgan fingerprint density at radius 3 is 3.08 bits per heavy atom. The number of nitrogens with one attached hydrogen (secondary N) is 1. The van der Waals surface area contributed by atoms with Gasteiger partial charge in [0.2, 0.25) is 0 Å². The summed E-state index contributed by atoms with van der Waals surface area (Å²) in [6.45, 7) is 1.49. The number of aromatic nitrogens is 3. The van der Waals surface area contributed by atoms with Crippen molar-refractivity contribution in [1.29, 1.82) is 0 Å². The van der Waals surface area contributed by atoms with E-state index in [9.17, 15) is 4.79 Å². The van der Waals surface area contributed by atoms with Crippen molar-refractivity contribution in [2.75, 3.05) is 5.73 Å². The Labute approximate surface area is 74.0 Å². The Morgan fingerprint density at radius 2 is 2.38 bits per heavy atom. The van der Waals surface area contributed by atoms with Gasteiger partial charge in [-0.2, -0.15) is 5.10 Å². The minimum absolute atomic E-state index is 0.0324. The lowest BCUT2D eigenvalue weighted by Crippen LogP contribution is -1.93. The van der Waals surface area contributed by atoms with E-state index in [1.165, 1.54) is 13.1 Å². The molecule has 5 heteroatoms. The lowest BCUT2D eigenvalue weighted by atomic mass is 10.2. The summed E-state index contributed by atoms with van der Waals surface area (Å²) in [5.74, 6) is 0.403. The number of anilines is 1. The molecule has 0 bridgehead atoms. The first-order chi connectivity index (χ1) is 6.18. The SMILES string of the molecule is CC(=O)c1cnc2n[nH]c(N)c2c1. The largest absolute Gasteiger partial charge is 0.384 e. The van der Waals surface area contributed by atoms with Gasteiger partial charge in [-0.3, -0.25) is 9.89 Å². The van der Waals surface area contributed by atoms with Crippen LogP contribution < -0.4 is 5.73 Å². The molecule has 66 valence electrons. The fourth-order valence-corrected chi connectivity index (χ4v) is 1.11. The second-order valence-electron chi connectivity index (χ2n) is 2.79. The van der Waals surface area contributed by atoms with Crippen LogP contribution in [0.25, 0.3) is 11.0 Å². The molecule has 2 heterocycles. The number of fused-ring (bicyclic) bond motifs is 1. The van der Waals surface area contributed by atoms with Gasteiger partial charge in [0.25, 0.3) is 0 Å². The van der Waals surface area contributed by atoms with Crippen LogP contribution in [0.15, 0.2) is 12.3 Å². The summed E-state index contributed by atoms with van der Waals surface area (Å²) >= 11 is 0. The topological polar surface area (TPSA) is 84.7 Å². The Morgan fingerprint density at radius 1 is 1.62 bits per heavy atom. The Balaban J connectivity index is 2.72. The molecule has 0 aromatic carbocycles. The summed E-state index contributed by atoms with van der Waals surface area (Å²) in [5, 5.41) is 7.13. The molecule has 0 aliphatic carbocycles. The minimum Gasteiger partial charge on any atom is -0.384 e. The average Bonchev–Trinajstić information content (AvgIpc) is 2.47. The highest BCUT2D eigenvalue weighted by Gasteiger charge is 2.06. The van der Waals surface area contributed by atoms with Crippen LogP contribution in [-0.4, -0.2) is 21.0 Å². The van der Waals surface area contributed by atoms with Crippen molar-refractivity contribution >= 4 is 22.6 Å². The average molecular weight is 176 g/mol. The molecule has 0 fully saturated rings. The molecule has 0 saturated carbocycles. The van der Waals surface area contributed by atoms with Crippen LogP contribution >= 0.6 is 0 Å². The molecule has 0 atom stereocenters. The van der Waals surface area contributed by atoms with Crippen LogP contribution in [0, 0.1) is 0 Å². The zero-order valence-electron chi connectivity index (χ0n) is 7.03. The van der Waals surface area contributed by atoms with Crippen molar-refractivity contribution in [3.8, 4) is 0 Å². The predicted octanol–water partition coefficient (Wildman–Crippen LogP) is 0.743. The van der Waals surface area contributed by atoms with Crippen LogP contribution in [0.1, 0.15) is 17.3 Å². The van der Waals surface area contributed by atoms with Crippen molar-refractivity contribution in [2.24, 2.45) is 0 Å². The molecular formula is C8H8N4O. The third kappa shape index (κ3) is 1.14. The lowest BCUT2D eigenvalue weighted by Gasteiger charge is -1.93. The monoisotopic (exact) mass is 176 g/mol. The number of ketones is 1. The summed E-state index contributed by atoms with van der Waals surface area (Å²) in [6, 6.07) is 1.68. The van der Waals surface area contributed by atoms with Crippen LogP contribution in [0.3, 0.4) is 0 Å². The van der Waals surface area contributed by atoms with E-state index < -0.39 is 0 Å². The maximum atomic E-state index is 11.0. The van der Waals surface area contributed by atoms with Gasteiger partial charge in [-0.05, 0) is 13.0 Å². The third-order valence-corrected chi connectivity index (χ3v) is 1.85. The maximum Gasteiger partial charge on any atom is 0.183 e. The first-order valence-corrected chi connectivity index (χ1v) is 3.79. The van der Waals surface area contributed by atoms with Gasteiger partial charge < -0.3 is 5.73 Å². The van der Waals surface area contributed by atoms with E-state index >= 15 is 0 Å². The molecule has 0 spiro atoms. The predicted molar refractivity (Wildman–Crippen MR) is 48.3 cm³/mol. The van der Waals surface area contributed by atoms with Gasteiger partial charge in [-0.25, -0.2) is 4.98 Å². The Bertz CT molecular complexity index is 474. The normalized spacial score (nSPS) is 10.5. The molecule has 0 aliphatic rings. The van der Waals surface area contributed by atoms with Gasteiger partial charge in [0.15, 0.2) is 11.4 Å². The number of nitrogens with zero attached hydrogens (tertiary/aromatic N) is 2. The lowest BCUT2D eigenvalue weighted by molar-refractivity contribution is 0.101. The number of hydrogen-bond donors (Lipinski definition) is 2. The van der Waals surface area contributed by atoms with Gasteiger partial charge in [0, 0.05) is 11.8 Å². The first-order valence-electron chi connectivity index (χ1n) is 3.79. The summed E-state index contributed by atoms with van der Waals surface area (Å²) < 4.78 is 0. The highest BCUT2D eigenvalue weighted by Crippen LogP contribution is 2.16. The number of carbonyl (C=O) groups is 1. The molecule has 5 nitrogen and oxygen atoms in total. The summed E-state index contributed by atoms with van der Waals surface area (Å²) in [5.41, 5.74) is 6.65. The third-order valence-electron chi connectivity index (χ3n) is 1.85. The first kappa shape index (κ1) is 7.72. The standard InChI is InChI=1S/C8H8N4O/c1-4(13)5-2-6-7(9)11-12-8(6)10-3-5/h2-3H,1H3,(H3,9,10,11,12). The number of aromatic amines is 1. The number of nitrogens with two attached hydrogens (primary N) is 1. The van der Waals surface area contributed by atoms with Crippen molar-refractivity contribution in [2.45, 2.75) is 6.92 Å². The molecule has 13 heavy (non-hydrogen) atoms. The van der Waals surface area contributed by atoms with E-state index in [4.69, 9.17) is 5.73 Å². The number of Topliss-reactive ketones (excluding diaryl/α,β-unsaturated/α-hetero) is 1. The molecule has 0 amide bonds. The number of pyridine rings is 1. The molecular weight excluding hydrogens is 168 g/mol. The molecule has 0 saturated heterocycles. The van der Waals surface area contributed by atoms with E-state index in [2.05, 4.69) is 15.2 Å². The van der Waals surface area contributed by atoms with Crippen molar-refractivity contribution < 1.29 is 4.79 Å².